The van der Waals surface area contributed by atoms with E-state index >= 15 is 0 Å². The average Bonchev–Trinajstić information content (AvgIpc) is 2.45. The fourth-order valence-electron chi connectivity index (χ4n) is 1.73. The molecule has 11 nitrogen and oxygen atoms in total. The third-order valence-electron chi connectivity index (χ3n) is 2.96. The molecule has 0 bridgehead atoms. The molecule has 0 amide bonds. The van der Waals surface area contributed by atoms with E-state index < -0.39 is 63.8 Å². The maximum absolute atomic E-state index is 11.4. The summed E-state index contributed by atoms with van der Waals surface area (Å²) in [5.41, 5.74) is 0. The van der Waals surface area contributed by atoms with Gasteiger partial charge in [-0.1, -0.05) is 0 Å². The summed E-state index contributed by atoms with van der Waals surface area (Å²) < 4.78 is 20.0. The van der Waals surface area contributed by atoms with Gasteiger partial charge in [-0.2, -0.15) is 0 Å². The van der Waals surface area contributed by atoms with E-state index in [1.165, 1.54) is 0 Å². The van der Waals surface area contributed by atoms with Gasteiger partial charge >= 0.3 is 51.4 Å². The molecule has 8 atom stereocenters. The molecule has 1 fully saturated rings. The summed E-state index contributed by atoms with van der Waals surface area (Å²) in [6, 6.07) is 0. The Kier molecular flexibility index (Phi) is 10.5. The summed E-state index contributed by atoms with van der Waals surface area (Å²) in [5.74, 6) is 0. The molecule has 0 heterocycles. The van der Waals surface area contributed by atoms with Gasteiger partial charge in [-0.25, -0.2) is 0 Å². The summed E-state index contributed by atoms with van der Waals surface area (Å²) in [5, 5.41) is 64.7. The van der Waals surface area contributed by atoms with Crippen molar-refractivity contribution in [3.8, 4) is 0 Å². The van der Waals surface area contributed by atoms with Crippen LogP contribution in [0.15, 0.2) is 0 Å². The van der Waals surface area contributed by atoms with E-state index in [0.717, 1.165) is 0 Å². The minimum absolute atomic E-state index is 0. The van der Waals surface area contributed by atoms with Crippen molar-refractivity contribution in [1.82, 2.24) is 0 Å². The van der Waals surface area contributed by atoms with Crippen molar-refractivity contribution in [2.24, 2.45) is 0 Å². The van der Waals surface area contributed by atoms with Crippen molar-refractivity contribution < 1.29 is 106 Å². The van der Waals surface area contributed by atoms with Crippen molar-refractivity contribution >= 4 is 7.82 Å². The number of phosphoric ester groups is 1. The molecule has 0 aromatic heterocycles. The molecule has 0 radical (unpaired) electrons. The Morgan fingerprint density at radius 1 is 1.00 bits per heavy atom. The van der Waals surface area contributed by atoms with Crippen molar-refractivity contribution in [3.05, 3.63) is 0 Å². The van der Waals surface area contributed by atoms with Gasteiger partial charge in [0, 0.05) is 0 Å². The van der Waals surface area contributed by atoms with Crippen LogP contribution in [0, 0.1) is 0 Å². The van der Waals surface area contributed by atoms with E-state index in [1.54, 1.807) is 0 Å². The van der Waals surface area contributed by atoms with Gasteiger partial charge in [0.15, 0.2) is 0 Å². The maximum atomic E-state index is 11.4. The van der Waals surface area contributed by atoms with Gasteiger partial charge in [0.1, 0.15) is 42.7 Å². The van der Waals surface area contributed by atoms with Crippen molar-refractivity contribution in [3.63, 3.8) is 0 Å². The van der Waals surface area contributed by atoms with Crippen molar-refractivity contribution in [1.29, 1.82) is 0 Å². The molecule has 22 heavy (non-hydrogen) atoms. The van der Waals surface area contributed by atoms with Crippen LogP contribution in [0.2, 0.25) is 0 Å². The Bertz CT molecular complexity index is 369. The van der Waals surface area contributed by atoms with Gasteiger partial charge in [-0.3, -0.25) is 4.57 Å². The van der Waals surface area contributed by atoms with Gasteiger partial charge < -0.3 is 49.7 Å². The van der Waals surface area contributed by atoms with Crippen LogP contribution in [0.1, 0.15) is 0 Å². The standard InChI is InChI=1S/C9H19O11P.K/c10-1-3(11)2-19-21(17,18)20-9-7(15)5(13)4(12)6(14)8(9)16;/h3-16H,1-2H2,(H,17,18);/q;+1/p-1/t3-,4?,5-,6+,7+,8+,9?;/m0./s1. The molecule has 0 aliphatic heterocycles. The van der Waals surface area contributed by atoms with Gasteiger partial charge in [0.25, 0.3) is 7.82 Å². The molecular formula is C9H18KO11P. The molecule has 0 aromatic carbocycles. The summed E-state index contributed by atoms with van der Waals surface area (Å²) in [4.78, 5) is 11.4. The zero-order chi connectivity index (χ0) is 16.4. The van der Waals surface area contributed by atoms with Gasteiger partial charge in [0.05, 0.1) is 13.2 Å². The molecule has 1 aliphatic carbocycles. The van der Waals surface area contributed by atoms with Crippen LogP contribution < -0.4 is 56.3 Å². The molecule has 13 heteroatoms. The quantitative estimate of drug-likeness (QED) is 0.172. The molecule has 0 aromatic rings. The van der Waals surface area contributed by atoms with Crippen LogP contribution in [0.3, 0.4) is 0 Å². The van der Waals surface area contributed by atoms with Crippen molar-refractivity contribution in [2.45, 2.75) is 42.7 Å². The third-order valence-corrected chi connectivity index (χ3v) is 3.93. The van der Waals surface area contributed by atoms with Crippen LogP contribution in [0.5, 0.6) is 0 Å². The number of aliphatic hydroxyl groups is 7. The molecule has 0 spiro atoms. The molecule has 1 rings (SSSR count). The van der Waals surface area contributed by atoms with E-state index in [9.17, 15) is 35.0 Å². The van der Waals surface area contributed by atoms with Crippen molar-refractivity contribution in [2.75, 3.05) is 13.2 Å². The van der Waals surface area contributed by atoms with E-state index in [1.807, 2.05) is 0 Å². The first-order valence-corrected chi connectivity index (χ1v) is 7.40. The normalized spacial score (nSPS) is 39.6. The largest absolute Gasteiger partial charge is 1.00 e. The van der Waals surface area contributed by atoms with E-state index in [0.29, 0.717) is 0 Å². The minimum atomic E-state index is -5.12. The van der Waals surface area contributed by atoms with Crippen LogP contribution in [0.4, 0.5) is 0 Å². The smallest absolute Gasteiger partial charge is 0.756 e. The van der Waals surface area contributed by atoms with E-state index in [2.05, 4.69) is 9.05 Å². The Labute approximate surface area is 168 Å². The predicted molar refractivity (Wildman–Crippen MR) is 61.6 cm³/mol. The molecule has 1 aliphatic rings. The Morgan fingerprint density at radius 3 is 1.82 bits per heavy atom. The maximum Gasteiger partial charge on any atom is 1.00 e. The van der Waals surface area contributed by atoms with Crippen LogP contribution in [-0.2, 0) is 13.6 Å². The summed E-state index contributed by atoms with van der Waals surface area (Å²) >= 11 is 0. The average molecular weight is 372 g/mol. The van der Waals surface area contributed by atoms with Crippen LogP contribution in [-0.4, -0.2) is 91.7 Å². The number of aliphatic hydroxyl groups excluding tert-OH is 7. The Balaban J connectivity index is 0.00000441. The Hall–Kier alpha value is 1.47. The second-order valence-electron chi connectivity index (χ2n) is 4.60. The topological polar surface area (TPSA) is 200 Å². The first kappa shape index (κ1) is 23.5. The second kappa shape index (κ2) is 9.82. The fourth-order valence-corrected chi connectivity index (χ4v) is 2.69. The summed E-state index contributed by atoms with van der Waals surface area (Å²) in [7, 11) is -5.12. The fraction of sp³-hybridized carbons (Fsp3) is 1.00. The second-order valence-corrected chi connectivity index (χ2v) is 5.97. The van der Waals surface area contributed by atoms with Gasteiger partial charge in [0.2, 0.25) is 0 Å². The molecule has 7 N–H and O–H groups in total. The SMILES string of the molecule is O=P([O-])(OC[C@@H](O)CO)OC1[C@H](O)[C@H](O)C(O)[C@H](O)[C@H]1O.[K+]. The van der Waals surface area contributed by atoms with Crippen LogP contribution >= 0.6 is 7.82 Å². The number of hydrogen-bond acceptors (Lipinski definition) is 11. The number of rotatable bonds is 6. The van der Waals surface area contributed by atoms with Gasteiger partial charge in [-0.15, -0.1) is 0 Å². The minimum Gasteiger partial charge on any atom is -0.756 e. The number of phosphoric acid groups is 1. The van der Waals surface area contributed by atoms with Gasteiger partial charge in [-0.05, 0) is 0 Å². The zero-order valence-electron chi connectivity index (χ0n) is 11.7. The first-order chi connectivity index (χ1) is 9.60. The monoisotopic (exact) mass is 372 g/mol. The molecule has 126 valence electrons. The molecule has 1 saturated carbocycles. The van der Waals surface area contributed by atoms with E-state index in [4.69, 9.17) is 10.2 Å². The molecule has 0 saturated heterocycles. The summed E-state index contributed by atoms with van der Waals surface area (Å²) in [6.45, 7) is -1.60. The zero-order valence-corrected chi connectivity index (χ0v) is 15.7. The predicted octanol–water partition coefficient (Wildman–Crippen LogP) is -7.97. The summed E-state index contributed by atoms with van der Waals surface area (Å²) in [6.07, 6.45) is -13.3. The van der Waals surface area contributed by atoms with E-state index in [-0.39, 0.29) is 51.4 Å². The van der Waals surface area contributed by atoms with Crippen LogP contribution in [0.25, 0.3) is 0 Å². The number of hydrogen-bond donors (Lipinski definition) is 7. The third kappa shape index (κ3) is 6.08. The Morgan fingerprint density at radius 2 is 1.41 bits per heavy atom. The molecule has 3 unspecified atom stereocenters. The molecular weight excluding hydrogens is 354 g/mol. The first-order valence-electron chi connectivity index (χ1n) is 5.94.